The number of rotatable bonds is 43. The maximum atomic E-state index is 6.36. The highest BCUT2D eigenvalue weighted by molar-refractivity contribution is 4.93. The first kappa shape index (κ1) is 50.7. The van der Waals surface area contributed by atoms with Crippen LogP contribution in [0.1, 0.15) is 174 Å². The minimum absolute atomic E-state index is 0.108. The van der Waals surface area contributed by atoms with Crippen LogP contribution in [-0.2, 0) is 9.47 Å². The van der Waals surface area contributed by atoms with Crippen LogP contribution in [0.2, 0.25) is 0 Å². The van der Waals surface area contributed by atoms with E-state index < -0.39 is 0 Å². The molecule has 52 heavy (non-hydrogen) atoms. The van der Waals surface area contributed by atoms with Crippen LogP contribution < -0.4 is 16.8 Å². The highest BCUT2D eigenvalue weighted by Gasteiger charge is 2.10. The molecule has 0 saturated heterocycles. The van der Waals surface area contributed by atoms with Gasteiger partial charge < -0.3 is 31.2 Å². The van der Waals surface area contributed by atoms with Crippen molar-refractivity contribution in [3.05, 3.63) is 48.6 Å². The molecule has 0 rings (SSSR count). The van der Waals surface area contributed by atoms with Crippen LogP contribution >= 0.6 is 0 Å². The van der Waals surface area contributed by atoms with Crippen LogP contribution in [-0.4, -0.2) is 76.6 Å². The van der Waals surface area contributed by atoms with E-state index in [-0.39, 0.29) is 6.10 Å². The molecule has 306 valence electrons. The van der Waals surface area contributed by atoms with Crippen molar-refractivity contribution in [3.8, 4) is 0 Å². The Hall–Kier alpha value is -1.28. The summed E-state index contributed by atoms with van der Waals surface area (Å²) in [7, 11) is 0. The van der Waals surface area contributed by atoms with Gasteiger partial charge >= 0.3 is 0 Å². The molecule has 0 aliphatic rings. The zero-order valence-electron chi connectivity index (χ0n) is 34.9. The molecule has 1 unspecified atom stereocenters. The molecule has 0 aliphatic heterocycles. The van der Waals surface area contributed by atoms with Crippen molar-refractivity contribution in [2.75, 3.05) is 65.6 Å². The van der Waals surface area contributed by atoms with E-state index in [1.807, 2.05) is 0 Å². The van der Waals surface area contributed by atoms with Crippen LogP contribution in [0.15, 0.2) is 48.6 Å². The lowest BCUT2D eigenvalue weighted by Crippen LogP contribution is -2.39. The number of nitrogens with one attached hydrogen (secondary N) is 1. The van der Waals surface area contributed by atoms with Gasteiger partial charge in [0.1, 0.15) is 0 Å². The molecule has 6 heteroatoms. The van der Waals surface area contributed by atoms with Crippen LogP contribution in [0.3, 0.4) is 0 Å². The molecular weight excluding hydrogens is 641 g/mol. The monoisotopic (exact) mass is 731 g/mol. The van der Waals surface area contributed by atoms with E-state index in [4.69, 9.17) is 20.9 Å². The van der Waals surface area contributed by atoms with Crippen molar-refractivity contribution in [2.45, 2.75) is 180 Å². The summed E-state index contributed by atoms with van der Waals surface area (Å²) in [6, 6.07) is 0. The average molecular weight is 731 g/mol. The molecule has 5 N–H and O–H groups in total. The Morgan fingerprint density at radius 2 is 0.942 bits per heavy atom. The highest BCUT2D eigenvalue weighted by atomic mass is 16.5. The lowest BCUT2D eigenvalue weighted by atomic mass is 10.1. The van der Waals surface area contributed by atoms with Gasteiger partial charge in [-0.25, -0.2) is 0 Å². The molecule has 6 nitrogen and oxygen atoms in total. The van der Waals surface area contributed by atoms with E-state index in [1.54, 1.807) is 0 Å². The van der Waals surface area contributed by atoms with Gasteiger partial charge in [0, 0.05) is 32.8 Å². The zero-order valence-corrected chi connectivity index (χ0v) is 34.9. The predicted molar refractivity (Wildman–Crippen MR) is 231 cm³/mol. The first-order valence-electron chi connectivity index (χ1n) is 22.4. The lowest BCUT2D eigenvalue weighted by molar-refractivity contribution is -0.0176. The second-order valence-corrected chi connectivity index (χ2v) is 14.7. The molecule has 0 amide bonds. The summed E-state index contributed by atoms with van der Waals surface area (Å²) >= 11 is 0. The summed E-state index contributed by atoms with van der Waals surface area (Å²) in [5.41, 5.74) is 11.5. The molecule has 0 fully saturated rings. The number of nitrogens with zero attached hydrogens (tertiary/aromatic N) is 1. The van der Waals surface area contributed by atoms with E-state index >= 15 is 0 Å². The maximum Gasteiger partial charge on any atom is 0.0932 e. The number of hydrogen-bond acceptors (Lipinski definition) is 6. The van der Waals surface area contributed by atoms with Crippen LogP contribution in [0.4, 0.5) is 0 Å². The first-order chi connectivity index (χ1) is 25.8. The van der Waals surface area contributed by atoms with E-state index in [0.717, 1.165) is 97.6 Å². The van der Waals surface area contributed by atoms with Crippen molar-refractivity contribution in [1.82, 2.24) is 10.2 Å². The fourth-order valence-electron chi connectivity index (χ4n) is 6.20. The Bertz CT molecular complexity index is 776. The molecule has 1 atom stereocenters. The minimum Gasteiger partial charge on any atom is -0.379 e. The largest absolute Gasteiger partial charge is 0.379 e. The van der Waals surface area contributed by atoms with Gasteiger partial charge in [0.2, 0.25) is 0 Å². The molecule has 0 spiro atoms. The summed E-state index contributed by atoms with van der Waals surface area (Å²) in [5, 5.41) is 3.65. The summed E-state index contributed by atoms with van der Waals surface area (Å²) in [6.07, 6.45) is 49.9. The summed E-state index contributed by atoms with van der Waals surface area (Å²) in [4.78, 5) is 2.48. The molecule has 0 heterocycles. The van der Waals surface area contributed by atoms with Crippen LogP contribution in [0.5, 0.6) is 0 Å². The number of ether oxygens (including phenoxy) is 2. The predicted octanol–water partition coefficient (Wildman–Crippen LogP) is 11.2. The van der Waals surface area contributed by atoms with Gasteiger partial charge in [-0.3, -0.25) is 0 Å². The Labute approximate surface area is 325 Å². The number of allylic oxidation sites excluding steroid dienone is 8. The SMILES string of the molecule is CCCCC/C=C\C/C=C\CCCCCCCCOCC(CNCCN(CCCN)CCCN)OCCCCCCC/C=C\C/C=C\CCCCC. The standard InChI is InChI=1S/C46H90N4O2/c1-3-5-7-9-11-13-15-17-19-21-22-24-26-28-30-32-42-51-45-46(44-49-38-41-50(39-34-36-47)40-35-37-48)52-43-33-31-29-27-25-23-20-18-16-14-12-10-8-6-4-2/h11-14,17-20,46,49H,3-10,15-16,21-45,47-48H2,1-2H3/b13-11-,14-12-,19-17-,20-18-. The Kier molecular flexibility index (Phi) is 44.7. The summed E-state index contributed by atoms with van der Waals surface area (Å²) in [6.45, 7) is 13.2. The van der Waals surface area contributed by atoms with E-state index in [9.17, 15) is 0 Å². The molecule has 0 aromatic carbocycles. The Morgan fingerprint density at radius 3 is 1.42 bits per heavy atom. The first-order valence-corrected chi connectivity index (χ1v) is 22.4. The smallest absolute Gasteiger partial charge is 0.0932 e. The van der Waals surface area contributed by atoms with E-state index in [1.165, 1.54) is 122 Å². The van der Waals surface area contributed by atoms with Crippen molar-refractivity contribution in [2.24, 2.45) is 11.5 Å². The molecular formula is C46H90N4O2. The summed E-state index contributed by atoms with van der Waals surface area (Å²) < 4.78 is 12.5. The topological polar surface area (TPSA) is 85.8 Å². The normalized spacial score (nSPS) is 13.0. The maximum absolute atomic E-state index is 6.36. The fraction of sp³-hybridized carbons (Fsp3) is 0.826. The third-order valence-corrected chi connectivity index (χ3v) is 9.58. The van der Waals surface area contributed by atoms with Gasteiger partial charge in [0.25, 0.3) is 0 Å². The molecule has 0 saturated carbocycles. The molecule has 0 radical (unpaired) electrons. The third kappa shape index (κ3) is 41.5. The Balaban J connectivity index is 4.16. The number of nitrogens with two attached hydrogens (primary N) is 2. The van der Waals surface area contributed by atoms with Gasteiger partial charge in [-0.05, 0) is 116 Å². The van der Waals surface area contributed by atoms with Crippen molar-refractivity contribution < 1.29 is 9.47 Å². The minimum atomic E-state index is 0.108. The zero-order chi connectivity index (χ0) is 37.7. The van der Waals surface area contributed by atoms with Crippen LogP contribution in [0.25, 0.3) is 0 Å². The van der Waals surface area contributed by atoms with E-state index in [0.29, 0.717) is 6.61 Å². The average Bonchev–Trinajstić information content (AvgIpc) is 3.16. The second kappa shape index (κ2) is 45.9. The van der Waals surface area contributed by atoms with Crippen molar-refractivity contribution in [3.63, 3.8) is 0 Å². The van der Waals surface area contributed by atoms with Gasteiger partial charge in [-0.15, -0.1) is 0 Å². The molecule has 0 aromatic heterocycles. The highest BCUT2D eigenvalue weighted by Crippen LogP contribution is 2.10. The van der Waals surface area contributed by atoms with Gasteiger partial charge in [0.15, 0.2) is 0 Å². The van der Waals surface area contributed by atoms with Crippen LogP contribution in [0, 0.1) is 0 Å². The molecule has 0 aromatic rings. The quantitative estimate of drug-likeness (QED) is 0.0428. The third-order valence-electron chi connectivity index (χ3n) is 9.58. The number of unbranched alkanes of at least 4 members (excludes halogenated alkanes) is 17. The van der Waals surface area contributed by atoms with E-state index in [2.05, 4.69) is 72.7 Å². The molecule has 0 aliphatic carbocycles. The van der Waals surface area contributed by atoms with Crippen molar-refractivity contribution >= 4 is 0 Å². The Morgan fingerprint density at radius 1 is 0.500 bits per heavy atom. The summed E-state index contributed by atoms with van der Waals surface area (Å²) in [5.74, 6) is 0. The second-order valence-electron chi connectivity index (χ2n) is 14.7. The van der Waals surface area contributed by atoms with Crippen molar-refractivity contribution in [1.29, 1.82) is 0 Å². The number of hydrogen-bond donors (Lipinski definition) is 3. The fourth-order valence-corrected chi connectivity index (χ4v) is 6.20. The van der Waals surface area contributed by atoms with Gasteiger partial charge in [0.05, 0.1) is 12.7 Å². The molecule has 0 bridgehead atoms. The van der Waals surface area contributed by atoms with Gasteiger partial charge in [-0.1, -0.05) is 133 Å². The lowest BCUT2D eigenvalue weighted by Gasteiger charge is -2.23. The van der Waals surface area contributed by atoms with Gasteiger partial charge in [-0.2, -0.15) is 0 Å².